The molecule has 0 radical (unpaired) electrons. The highest BCUT2D eigenvalue weighted by molar-refractivity contribution is 7.15. The van der Waals surface area contributed by atoms with Crippen LogP contribution in [0.4, 0.5) is 0 Å². The van der Waals surface area contributed by atoms with Crippen molar-refractivity contribution in [2.24, 2.45) is 5.92 Å². The van der Waals surface area contributed by atoms with Crippen LogP contribution in [-0.4, -0.2) is 10.1 Å². The highest BCUT2D eigenvalue weighted by Gasteiger charge is 2.17. The number of hydrogen-bond acceptors (Lipinski definition) is 3. The largest absolute Gasteiger partial charge is 0.507 e. The van der Waals surface area contributed by atoms with Crippen LogP contribution < -0.4 is 0 Å². The van der Waals surface area contributed by atoms with E-state index in [0.717, 1.165) is 22.7 Å². The Morgan fingerprint density at radius 2 is 2.18 bits per heavy atom. The Hall–Kier alpha value is -1.61. The van der Waals surface area contributed by atoms with Crippen molar-refractivity contribution in [1.29, 1.82) is 0 Å². The van der Waals surface area contributed by atoms with Crippen LogP contribution in [0.25, 0.3) is 16.6 Å². The summed E-state index contributed by atoms with van der Waals surface area (Å²) in [5.74, 6) is 0.885. The SMILES string of the molecule is CC1C=Cc2nc(-c3ccccc3O)sc2C1. The molecule has 3 heteroatoms. The molecule has 1 aromatic heterocycles. The fraction of sp³-hybridized carbons (Fsp3) is 0.214. The summed E-state index contributed by atoms with van der Waals surface area (Å²) >= 11 is 1.68. The molecule has 0 saturated carbocycles. The predicted molar refractivity (Wildman–Crippen MR) is 71.1 cm³/mol. The lowest BCUT2D eigenvalue weighted by Gasteiger charge is -2.08. The van der Waals surface area contributed by atoms with Crippen LogP contribution in [0.3, 0.4) is 0 Å². The Morgan fingerprint density at radius 1 is 1.35 bits per heavy atom. The van der Waals surface area contributed by atoms with Crippen molar-refractivity contribution in [3.8, 4) is 16.3 Å². The Balaban J connectivity index is 2.07. The summed E-state index contributed by atoms with van der Waals surface area (Å²) < 4.78 is 0. The van der Waals surface area contributed by atoms with Crippen LogP contribution in [0.1, 0.15) is 17.5 Å². The summed E-state index contributed by atoms with van der Waals surface area (Å²) in [4.78, 5) is 5.91. The summed E-state index contributed by atoms with van der Waals surface area (Å²) in [5.41, 5.74) is 1.89. The topological polar surface area (TPSA) is 33.1 Å². The predicted octanol–water partition coefficient (Wildman–Crippen LogP) is 3.72. The second kappa shape index (κ2) is 4.00. The molecule has 1 aliphatic rings. The minimum atomic E-state index is 0.302. The fourth-order valence-corrected chi connectivity index (χ4v) is 3.25. The molecule has 0 amide bonds. The lowest BCUT2D eigenvalue weighted by molar-refractivity contribution is 0.477. The molecule has 0 fully saturated rings. The van der Waals surface area contributed by atoms with E-state index in [1.54, 1.807) is 17.4 Å². The van der Waals surface area contributed by atoms with Crippen molar-refractivity contribution in [2.75, 3.05) is 0 Å². The normalized spacial score (nSPS) is 18.1. The first-order chi connectivity index (χ1) is 8.24. The maximum atomic E-state index is 9.83. The van der Waals surface area contributed by atoms with Crippen molar-refractivity contribution in [3.05, 3.63) is 40.9 Å². The zero-order valence-electron chi connectivity index (χ0n) is 9.55. The van der Waals surface area contributed by atoms with Gasteiger partial charge in [-0.25, -0.2) is 4.98 Å². The molecule has 0 spiro atoms. The van der Waals surface area contributed by atoms with Crippen molar-refractivity contribution in [1.82, 2.24) is 4.98 Å². The van der Waals surface area contributed by atoms with E-state index < -0.39 is 0 Å². The van der Waals surface area contributed by atoms with E-state index in [4.69, 9.17) is 0 Å². The van der Waals surface area contributed by atoms with Crippen LogP contribution in [0, 0.1) is 5.92 Å². The van der Waals surface area contributed by atoms with Crippen molar-refractivity contribution in [2.45, 2.75) is 13.3 Å². The molecule has 0 bridgehead atoms. The fourth-order valence-electron chi connectivity index (χ4n) is 2.03. The van der Waals surface area contributed by atoms with Gasteiger partial charge in [0.2, 0.25) is 0 Å². The average Bonchev–Trinajstić information content (AvgIpc) is 2.72. The Bertz CT molecular complexity index is 586. The smallest absolute Gasteiger partial charge is 0.128 e. The Labute approximate surface area is 104 Å². The lowest BCUT2D eigenvalue weighted by atomic mass is 10.0. The summed E-state index contributed by atoms with van der Waals surface area (Å²) in [5, 5.41) is 10.7. The van der Waals surface area contributed by atoms with E-state index in [1.165, 1.54) is 4.88 Å². The van der Waals surface area contributed by atoms with Crippen molar-refractivity contribution >= 4 is 17.4 Å². The van der Waals surface area contributed by atoms with Gasteiger partial charge in [0.25, 0.3) is 0 Å². The molecule has 1 aromatic carbocycles. The summed E-state index contributed by atoms with van der Waals surface area (Å²) in [7, 11) is 0. The third-order valence-corrected chi connectivity index (χ3v) is 4.08. The van der Waals surface area contributed by atoms with Crippen LogP contribution in [0.15, 0.2) is 30.3 Å². The van der Waals surface area contributed by atoms with Crippen LogP contribution in [0.5, 0.6) is 5.75 Å². The molecule has 1 atom stereocenters. The number of fused-ring (bicyclic) bond motifs is 1. The molecule has 1 heterocycles. The van der Waals surface area contributed by atoms with Gasteiger partial charge in [-0.1, -0.05) is 25.1 Å². The highest BCUT2D eigenvalue weighted by Crippen LogP contribution is 2.36. The third-order valence-electron chi connectivity index (χ3n) is 2.95. The van der Waals surface area contributed by atoms with Crippen LogP contribution in [0.2, 0.25) is 0 Å². The van der Waals surface area contributed by atoms with Gasteiger partial charge in [-0.2, -0.15) is 0 Å². The Morgan fingerprint density at radius 3 is 3.00 bits per heavy atom. The number of para-hydroxylation sites is 1. The number of phenols is 1. The molecule has 0 aliphatic heterocycles. The Kier molecular flexibility index (Phi) is 2.48. The van der Waals surface area contributed by atoms with E-state index in [9.17, 15) is 5.11 Å². The number of phenolic OH excluding ortho intramolecular Hbond substituents is 1. The van der Waals surface area contributed by atoms with E-state index in [2.05, 4.69) is 24.1 Å². The average molecular weight is 243 g/mol. The van der Waals surface area contributed by atoms with Crippen LogP contribution >= 0.6 is 11.3 Å². The molecule has 1 unspecified atom stereocenters. The quantitative estimate of drug-likeness (QED) is 0.828. The standard InChI is InChI=1S/C14H13NOS/c1-9-6-7-11-13(8-9)17-14(15-11)10-4-2-3-5-12(10)16/h2-7,9,16H,8H2,1H3. The number of allylic oxidation sites excluding steroid dienone is 1. The number of benzene rings is 1. The lowest BCUT2D eigenvalue weighted by Crippen LogP contribution is -1.99. The second-order valence-electron chi connectivity index (χ2n) is 4.39. The molecular formula is C14H13NOS. The number of rotatable bonds is 1. The molecule has 2 nitrogen and oxygen atoms in total. The molecule has 0 saturated heterocycles. The molecular weight excluding hydrogens is 230 g/mol. The minimum absolute atomic E-state index is 0.302. The number of aromatic nitrogens is 1. The van der Waals surface area contributed by atoms with Gasteiger partial charge >= 0.3 is 0 Å². The van der Waals surface area contributed by atoms with Gasteiger partial charge in [0.15, 0.2) is 0 Å². The van der Waals surface area contributed by atoms with Crippen molar-refractivity contribution < 1.29 is 5.11 Å². The zero-order chi connectivity index (χ0) is 11.8. The van der Waals surface area contributed by atoms with E-state index in [1.807, 2.05) is 18.2 Å². The van der Waals surface area contributed by atoms with Gasteiger partial charge in [0, 0.05) is 4.88 Å². The van der Waals surface area contributed by atoms with Gasteiger partial charge in [0.05, 0.1) is 11.3 Å². The zero-order valence-corrected chi connectivity index (χ0v) is 10.4. The number of aromatic hydroxyl groups is 1. The van der Waals surface area contributed by atoms with Crippen LogP contribution in [-0.2, 0) is 6.42 Å². The highest BCUT2D eigenvalue weighted by atomic mass is 32.1. The van der Waals surface area contributed by atoms with Gasteiger partial charge in [0.1, 0.15) is 10.8 Å². The van der Waals surface area contributed by atoms with Gasteiger partial charge in [-0.3, -0.25) is 0 Å². The van der Waals surface area contributed by atoms with Gasteiger partial charge < -0.3 is 5.11 Å². The maximum Gasteiger partial charge on any atom is 0.128 e. The summed E-state index contributed by atoms with van der Waals surface area (Å²) in [6.07, 6.45) is 5.33. The van der Waals surface area contributed by atoms with E-state index in [-0.39, 0.29) is 0 Å². The molecule has 86 valence electrons. The first-order valence-corrected chi connectivity index (χ1v) is 6.52. The summed E-state index contributed by atoms with van der Waals surface area (Å²) in [6, 6.07) is 7.36. The minimum Gasteiger partial charge on any atom is -0.507 e. The number of thiazole rings is 1. The van der Waals surface area contributed by atoms with Gasteiger partial charge in [-0.05, 0) is 30.5 Å². The maximum absolute atomic E-state index is 9.83. The molecule has 2 aromatic rings. The first kappa shape index (κ1) is 10.5. The molecule has 1 aliphatic carbocycles. The number of hydrogen-bond donors (Lipinski definition) is 1. The monoisotopic (exact) mass is 243 g/mol. The first-order valence-electron chi connectivity index (χ1n) is 5.70. The van der Waals surface area contributed by atoms with Gasteiger partial charge in [-0.15, -0.1) is 11.3 Å². The molecule has 17 heavy (non-hydrogen) atoms. The number of nitrogens with zero attached hydrogens (tertiary/aromatic N) is 1. The van der Waals surface area contributed by atoms with E-state index in [0.29, 0.717) is 11.7 Å². The molecule has 1 N–H and O–H groups in total. The van der Waals surface area contributed by atoms with Crippen molar-refractivity contribution in [3.63, 3.8) is 0 Å². The second-order valence-corrected chi connectivity index (χ2v) is 5.47. The van der Waals surface area contributed by atoms with E-state index >= 15 is 0 Å². The molecule has 3 rings (SSSR count). The summed E-state index contributed by atoms with van der Waals surface area (Å²) in [6.45, 7) is 2.21. The third kappa shape index (κ3) is 1.87.